The van der Waals surface area contributed by atoms with Crippen molar-refractivity contribution in [2.24, 2.45) is 0 Å². The van der Waals surface area contributed by atoms with Crippen LogP contribution >= 0.6 is 0 Å². The molecule has 0 amide bonds. The Bertz CT molecular complexity index is 1240. The van der Waals surface area contributed by atoms with Gasteiger partial charge in [0.1, 0.15) is 13.2 Å². The molecule has 0 rings (SSSR count). The van der Waals surface area contributed by atoms with E-state index < -0.39 is 12.1 Å². The molecule has 0 saturated carbocycles. The molecule has 360 valence electrons. The highest BCUT2D eigenvalue weighted by Crippen LogP contribution is 2.14. The summed E-state index contributed by atoms with van der Waals surface area (Å²) in [6.07, 6.45) is 65.9. The number of carbonyl (C=O) groups is 3. The molecule has 0 aromatic heterocycles. The molecule has 0 radical (unpaired) electrons. The van der Waals surface area contributed by atoms with Crippen LogP contribution in [0.4, 0.5) is 0 Å². The van der Waals surface area contributed by atoms with Crippen LogP contribution in [0.15, 0.2) is 85.1 Å². The highest BCUT2D eigenvalue weighted by atomic mass is 16.6. The first-order valence-electron chi connectivity index (χ1n) is 26.1. The first-order valence-corrected chi connectivity index (χ1v) is 26.1. The zero-order valence-electron chi connectivity index (χ0n) is 41.1. The van der Waals surface area contributed by atoms with Gasteiger partial charge in [0, 0.05) is 12.8 Å². The molecular weight excluding hydrogens is 781 g/mol. The van der Waals surface area contributed by atoms with Crippen molar-refractivity contribution in [3.63, 3.8) is 0 Å². The van der Waals surface area contributed by atoms with E-state index in [1.807, 2.05) is 6.08 Å². The Hall–Kier alpha value is -3.41. The molecule has 0 aromatic carbocycles. The first kappa shape index (κ1) is 59.6. The van der Waals surface area contributed by atoms with Crippen LogP contribution in [-0.2, 0) is 28.6 Å². The van der Waals surface area contributed by atoms with Crippen LogP contribution in [0.2, 0.25) is 0 Å². The largest absolute Gasteiger partial charge is 0.462 e. The molecule has 1 atom stereocenters. The fourth-order valence-electron chi connectivity index (χ4n) is 7.02. The maximum atomic E-state index is 12.7. The minimum Gasteiger partial charge on any atom is -0.462 e. The van der Waals surface area contributed by atoms with Crippen LogP contribution < -0.4 is 0 Å². The van der Waals surface area contributed by atoms with Crippen LogP contribution in [0.3, 0.4) is 0 Å². The Kier molecular flexibility index (Phi) is 48.5. The number of esters is 3. The summed E-state index contributed by atoms with van der Waals surface area (Å²) in [7, 11) is 0. The lowest BCUT2D eigenvalue weighted by Gasteiger charge is -2.18. The van der Waals surface area contributed by atoms with Gasteiger partial charge in [0.25, 0.3) is 0 Å². The van der Waals surface area contributed by atoms with Gasteiger partial charge in [-0.25, -0.2) is 0 Å². The number of rotatable bonds is 46. The smallest absolute Gasteiger partial charge is 0.310 e. The van der Waals surface area contributed by atoms with Crippen molar-refractivity contribution in [2.45, 2.75) is 245 Å². The quantitative estimate of drug-likeness (QED) is 0.0262. The fourth-order valence-corrected chi connectivity index (χ4v) is 7.02. The topological polar surface area (TPSA) is 78.9 Å². The van der Waals surface area contributed by atoms with Gasteiger partial charge in [-0.15, -0.1) is 0 Å². The maximum absolute atomic E-state index is 12.7. The first-order chi connectivity index (χ1) is 31.0. The van der Waals surface area contributed by atoms with Crippen molar-refractivity contribution in [1.82, 2.24) is 0 Å². The highest BCUT2D eigenvalue weighted by molar-refractivity contribution is 5.72. The van der Waals surface area contributed by atoms with Crippen molar-refractivity contribution in [3.05, 3.63) is 85.1 Å². The summed E-state index contributed by atoms with van der Waals surface area (Å²) in [4.78, 5) is 37.9. The molecule has 0 saturated heterocycles. The second-order valence-electron chi connectivity index (χ2n) is 17.1. The van der Waals surface area contributed by atoms with Gasteiger partial charge in [-0.05, 0) is 77.0 Å². The Balaban J connectivity index is 4.49. The highest BCUT2D eigenvalue weighted by Gasteiger charge is 2.19. The van der Waals surface area contributed by atoms with Gasteiger partial charge >= 0.3 is 17.9 Å². The molecule has 6 nitrogen and oxygen atoms in total. The molecule has 0 aliphatic carbocycles. The van der Waals surface area contributed by atoms with Gasteiger partial charge < -0.3 is 14.2 Å². The predicted molar refractivity (Wildman–Crippen MR) is 270 cm³/mol. The third-order valence-corrected chi connectivity index (χ3v) is 10.9. The molecule has 0 fully saturated rings. The lowest BCUT2D eigenvalue weighted by molar-refractivity contribution is -0.166. The van der Waals surface area contributed by atoms with Gasteiger partial charge in [0.15, 0.2) is 6.10 Å². The molecule has 1 unspecified atom stereocenters. The standard InChI is InChI=1S/C57H96O6/c1-4-7-10-13-16-19-22-25-27-28-29-31-32-35-38-41-44-47-50-56(59)62-53-54(52-61-55(58)49-46-43-40-37-34-24-21-18-15-12-9-6-3)63-57(60)51-48-45-42-39-36-33-30-26-23-20-17-14-11-8-5-2/h8,11,17,19-20,22,26-28,30,36,39,45,48,54H,4-7,9-10,12-16,18,21,23-25,29,31-35,37-38,40-44,46-47,49-53H2,1-3H3/b11-8-,20-17-,22-19-,28-27-,30-26-,39-36-,48-45-. The Labute approximate surface area is 388 Å². The third kappa shape index (κ3) is 49.5. The maximum Gasteiger partial charge on any atom is 0.310 e. The normalized spacial score (nSPS) is 12.7. The predicted octanol–water partition coefficient (Wildman–Crippen LogP) is 17.2. The lowest BCUT2D eigenvalue weighted by atomic mass is 10.0. The average Bonchev–Trinajstić information content (AvgIpc) is 3.28. The van der Waals surface area contributed by atoms with Crippen LogP contribution in [0.1, 0.15) is 239 Å². The molecule has 0 aliphatic rings. The van der Waals surface area contributed by atoms with E-state index in [1.165, 1.54) is 116 Å². The molecular formula is C57H96O6. The van der Waals surface area contributed by atoms with Gasteiger partial charge in [0.2, 0.25) is 0 Å². The molecule has 0 spiro atoms. The van der Waals surface area contributed by atoms with E-state index in [-0.39, 0.29) is 31.6 Å². The second-order valence-corrected chi connectivity index (χ2v) is 17.1. The minimum absolute atomic E-state index is 0.0956. The van der Waals surface area contributed by atoms with Gasteiger partial charge in [-0.1, -0.05) is 228 Å². The monoisotopic (exact) mass is 877 g/mol. The minimum atomic E-state index is -0.832. The Morgan fingerprint density at radius 2 is 0.667 bits per heavy atom. The summed E-state index contributed by atoms with van der Waals surface area (Å²) in [5.41, 5.74) is 0. The summed E-state index contributed by atoms with van der Waals surface area (Å²) in [5, 5.41) is 0. The van der Waals surface area contributed by atoms with Crippen LogP contribution in [0.5, 0.6) is 0 Å². The van der Waals surface area contributed by atoms with Gasteiger partial charge in [-0.3, -0.25) is 14.4 Å². The Morgan fingerprint density at radius 1 is 0.349 bits per heavy atom. The number of hydrogen-bond donors (Lipinski definition) is 0. The molecule has 6 heteroatoms. The average molecular weight is 877 g/mol. The van der Waals surface area contributed by atoms with E-state index in [1.54, 1.807) is 6.08 Å². The van der Waals surface area contributed by atoms with Crippen molar-refractivity contribution in [1.29, 1.82) is 0 Å². The molecule has 63 heavy (non-hydrogen) atoms. The molecule has 0 N–H and O–H groups in total. The van der Waals surface area contributed by atoms with Crippen molar-refractivity contribution in [3.8, 4) is 0 Å². The second kappa shape index (κ2) is 51.2. The molecule has 0 aliphatic heterocycles. The number of carbonyl (C=O) groups excluding carboxylic acids is 3. The van der Waals surface area contributed by atoms with Gasteiger partial charge in [0.05, 0.1) is 6.42 Å². The van der Waals surface area contributed by atoms with E-state index >= 15 is 0 Å². The van der Waals surface area contributed by atoms with E-state index in [9.17, 15) is 14.4 Å². The van der Waals surface area contributed by atoms with E-state index in [2.05, 4.69) is 93.7 Å². The van der Waals surface area contributed by atoms with Crippen molar-refractivity contribution < 1.29 is 28.6 Å². The zero-order chi connectivity index (χ0) is 45.8. The van der Waals surface area contributed by atoms with Crippen LogP contribution in [0.25, 0.3) is 0 Å². The summed E-state index contributed by atoms with van der Waals surface area (Å²) >= 11 is 0. The molecule has 0 bridgehead atoms. The van der Waals surface area contributed by atoms with Crippen molar-refractivity contribution >= 4 is 17.9 Å². The number of hydrogen-bond acceptors (Lipinski definition) is 6. The Morgan fingerprint density at radius 3 is 1.06 bits per heavy atom. The van der Waals surface area contributed by atoms with E-state index in [4.69, 9.17) is 14.2 Å². The fraction of sp³-hybridized carbons (Fsp3) is 0.702. The number of allylic oxidation sites excluding steroid dienone is 13. The molecule has 0 aromatic rings. The summed E-state index contributed by atoms with van der Waals surface area (Å²) in [6.45, 7) is 6.41. The zero-order valence-corrected chi connectivity index (χ0v) is 41.1. The molecule has 0 heterocycles. The van der Waals surface area contributed by atoms with Crippen LogP contribution in [-0.4, -0.2) is 37.2 Å². The summed E-state index contributed by atoms with van der Waals surface area (Å²) in [5.74, 6) is -1.05. The van der Waals surface area contributed by atoms with Crippen molar-refractivity contribution in [2.75, 3.05) is 13.2 Å². The van der Waals surface area contributed by atoms with Gasteiger partial charge in [-0.2, -0.15) is 0 Å². The van der Waals surface area contributed by atoms with E-state index in [0.29, 0.717) is 12.8 Å². The summed E-state index contributed by atoms with van der Waals surface area (Å²) in [6, 6.07) is 0. The van der Waals surface area contributed by atoms with Crippen LogP contribution in [0, 0.1) is 0 Å². The lowest BCUT2D eigenvalue weighted by Crippen LogP contribution is -2.30. The SMILES string of the molecule is CC/C=C\C/C=C\C/C=C\C/C=C\C/C=C\CC(=O)OC(COC(=O)CCCCCCCCC/C=C\C/C=C\CCCCCC)COC(=O)CCCCCCCCCCCCCC. The number of unbranched alkanes of at least 4 members (excludes halogenated alkanes) is 22. The number of ether oxygens (including phenoxy) is 3. The summed E-state index contributed by atoms with van der Waals surface area (Å²) < 4.78 is 16.7. The third-order valence-electron chi connectivity index (χ3n) is 10.9. The van der Waals surface area contributed by atoms with E-state index in [0.717, 1.165) is 83.5 Å².